The molecule has 2 aromatic rings. The highest BCUT2D eigenvalue weighted by atomic mass is 16.2. The molecule has 19 heavy (non-hydrogen) atoms. The Morgan fingerprint density at radius 1 is 0.947 bits per heavy atom. The number of carbonyl (C=O) groups excluding carboxylic acids is 1. The van der Waals surface area contributed by atoms with Gasteiger partial charge in [0.2, 0.25) is 0 Å². The lowest BCUT2D eigenvalue weighted by Gasteiger charge is -2.28. The minimum Gasteiger partial charge on any atom is -0.368 e. The van der Waals surface area contributed by atoms with Crippen LogP contribution in [0.15, 0.2) is 42.5 Å². The second-order valence-corrected chi connectivity index (χ2v) is 4.96. The van der Waals surface area contributed by atoms with Crippen molar-refractivity contribution >= 4 is 17.3 Å². The van der Waals surface area contributed by atoms with Crippen LogP contribution in [-0.4, -0.2) is 5.91 Å². The van der Waals surface area contributed by atoms with Crippen molar-refractivity contribution in [2.24, 2.45) is 0 Å². The van der Waals surface area contributed by atoms with E-state index in [4.69, 9.17) is 0 Å². The molecule has 2 N–H and O–H groups in total. The number of amides is 1. The molecule has 0 spiro atoms. The Hall–Kier alpha value is -2.29. The number of rotatable bonds is 1. The van der Waals surface area contributed by atoms with Gasteiger partial charge in [0.25, 0.3) is 5.91 Å². The van der Waals surface area contributed by atoms with E-state index < -0.39 is 0 Å². The molecule has 1 heterocycles. The summed E-state index contributed by atoms with van der Waals surface area (Å²) in [5, 5.41) is 6.29. The van der Waals surface area contributed by atoms with Gasteiger partial charge in [0, 0.05) is 0 Å². The SMILES string of the molecule is Cc1cc2c(cc1C)NC(c1ccccc1)C(=O)N2. The zero-order valence-corrected chi connectivity index (χ0v) is 11.0. The summed E-state index contributed by atoms with van der Waals surface area (Å²) in [5.74, 6) is -0.0121. The van der Waals surface area contributed by atoms with Crippen molar-refractivity contribution in [3.8, 4) is 0 Å². The van der Waals surface area contributed by atoms with Gasteiger partial charge >= 0.3 is 0 Å². The first-order valence-corrected chi connectivity index (χ1v) is 6.39. The second-order valence-electron chi connectivity index (χ2n) is 4.96. The fourth-order valence-corrected chi connectivity index (χ4v) is 2.35. The van der Waals surface area contributed by atoms with Crippen LogP contribution >= 0.6 is 0 Å². The number of carbonyl (C=O) groups is 1. The molecule has 0 saturated carbocycles. The van der Waals surface area contributed by atoms with E-state index >= 15 is 0 Å². The van der Waals surface area contributed by atoms with Crippen LogP contribution in [0.5, 0.6) is 0 Å². The number of nitrogens with one attached hydrogen (secondary N) is 2. The van der Waals surface area contributed by atoms with Crippen LogP contribution in [0.3, 0.4) is 0 Å². The normalized spacial score (nSPS) is 17.4. The van der Waals surface area contributed by atoms with Crippen LogP contribution in [0.25, 0.3) is 0 Å². The van der Waals surface area contributed by atoms with Gasteiger partial charge in [0.1, 0.15) is 6.04 Å². The summed E-state index contributed by atoms with van der Waals surface area (Å²) in [7, 11) is 0. The quantitative estimate of drug-likeness (QED) is 0.816. The van der Waals surface area contributed by atoms with Crippen LogP contribution in [0.4, 0.5) is 11.4 Å². The molecule has 0 radical (unpaired) electrons. The molecule has 96 valence electrons. The highest BCUT2D eigenvalue weighted by Gasteiger charge is 2.26. The molecular weight excluding hydrogens is 236 g/mol. The molecule has 0 fully saturated rings. The van der Waals surface area contributed by atoms with Crippen LogP contribution in [0, 0.1) is 13.8 Å². The fourth-order valence-electron chi connectivity index (χ4n) is 2.35. The van der Waals surface area contributed by atoms with Gasteiger partial charge in [-0.3, -0.25) is 4.79 Å². The van der Waals surface area contributed by atoms with E-state index in [9.17, 15) is 4.79 Å². The Labute approximate surface area is 112 Å². The summed E-state index contributed by atoms with van der Waals surface area (Å²) in [4.78, 5) is 12.2. The monoisotopic (exact) mass is 252 g/mol. The van der Waals surface area contributed by atoms with E-state index in [0.717, 1.165) is 16.9 Å². The first-order valence-electron chi connectivity index (χ1n) is 6.39. The largest absolute Gasteiger partial charge is 0.368 e. The molecule has 3 rings (SSSR count). The van der Waals surface area contributed by atoms with Crippen molar-refractivity contribution in [3.05, 3.63) is 59.2 Å². The maximum Gasteiger partial charge on any atom is 0.251 e. The third kappa shape index (κ3) is 2.08. The van der Waals surface area contributed by atoms with Crippen molar-refractivity contribution in [2.45, 2.75) is 19.9 Å². The first kappa shape index (κ1) is 11.8. The molecule has 0 saturated heterocycles. The summed E-state index contributed by atoms with van der Waals surface area (Å²) in [6.07, 6.45) is 0. The zero-order valence-electron chi connectivity index (χ0n) is 11.0. The van der Waals surface area contributed by atoms with E-state index in [2.05, 4.69) is 23.6 Å². The van der Waals surface area contributed by atoms with Gasteiger partial charge in [-0.15, -0.1) is 0 Å². The molecule has 1 atom stereocenters. The molecule has 1 aliphatic heterocycles. The minimum atomic E-state index is -0.323. The summed E-state index contributed by atoms with van der Waals surface area (Å²) in [5.41, 5.74) is 5.22. The summed E-state index contributed by atoms with van der Waals surface area (Å²) >= 11 is 0. The van der Waals surface area contributed by atoms with E-state index in [1.165, 1.54) is 11.1 Å². The van der Waals surface area contributed by atoms with Crippen molar-refractivity contribution in [1.29, 1.82) is 0 Å². The Morgan fingerprint density at radius 3 is 2.26 bits per heavy atom. The van der Waals surface area contributed by atoms with Gasteiger partial charge in [-0.25, -0.2) is 0 Å². The number of anilines is 2. The van der Waals surface area contributed by atoms with Gasteiger partial charge in [-0.1, -0.05) is 30.3 Å². The average molecular weight is 252 g/mol. The lowest BCUT2D eigenvalue weighted by atomic mass is 10.0. The predicted molar refractivity (Wildman–Crippen MR) is 77.4 cm³/mol. The fraction of sp³-hybridized carbons (Fsp3) is 0.188. The third-order valence-electron chi connectivity index (χ3n) is 3.59. The van der Waals surface area contributed by atoms with Gasteiger partial charge in [0.05, 0.1) is 11.4 Å². The lowest BCUT2D eigenvalue weighted by Crippen LogP contribution is -2.32. The molecule has 3 heteroatoms. The Morgan fingerprint density at radius 2 is 1.58 bits per heavy atom. The van der Waals surface area contributed by atoms with Gasteiger partial charge in [0.15, 0.2) is 0 Å². The molecule has 1 amide bonds. The first-order chi connectivity index (χ1) is 9.15. The van der Waals surface area contributed by atoms with Crippen molar-refractivity contribution in [1.82, 2.24) is 0 Å². The van der Waals surface area contributed by atoms with Crippen LogP contribution < -0.4 is 10.6 Å². The maximum atomic E-state index is 12.2. The van der Waals surface area contributed by atoms with Crippen LogP contribution in [0.1, 0.15) is 22.7 Å². The average Bonchev–Trinajstić information content (AvgIpc) is 2.41. The summed E-state index contributed by atoms with van der Waals surface area (Å²) in [6.45, 7) is 4.12. The number of hydrogen-bond donors (Lipinski definition) is 2. The van der Waals surface area contributed by atoms with E-state index in [-0.39, 0.29) is 11.9 Å². The molecule has 1 unspecified atom stereocenters. The lowest BCUT2D eigenvalue weighted by molar-refractivity contribution is -0.117. The number of aryl methyl sites for hydroxylation is 2. The Bertz CT molecular complexity index is 635. The van der Waals surface area contributed by atoms with E-state index in [0.29, 0.717) is 0 Å². The second kappa shape index (κ2) is 4.43. The predicted octanol–water partition coefficient (Wildman–Crippen LogP) is 3.41. The smallest absolute Gasteiger partial charge is 0.251 e. The van der Waals surface area contributed by atoms with Crippen molar-refractivity contribution in [2.75, 3.05) is 10.6 Å². The van der Waals surface area contributed by atoms with E-state index in [1.54, 1.807) is 0 Å². The summed E-state index contributed by atoms with van der Waals surface area (Å²) in [6, 6.07) is 13.5. The molecule has 3 nitrogen and oxygen atoms in total. The highest BCUT2D eigenvalue weighted by Crippen LogP contribution is 2.34. The van der Waals surface area contributed by atoms with Gasteiger partial charge < -0.3 is 10.6 Å². The molecular formula is C16H16N2O. The Balaban J connectivity index is 2.00. The van der Waals surface area contributed by atoms with Gasteiger partial charge in [-0.05, 0) is 42.7 Å². The molecule has 1 aliphatic rings. The van der Waals surface area contributed by atoms with Crippen molar-refractivity contribution < 1.29 is 4.79 Å². The minimum absolute atomic E-state index is 0.0121. The maximum absolute atomic E-state index is 12.2. The number of benzene rings is 2. The zero-order chi connectivity index (χ0) is 13.4. The number of hydrogen-bond acceptors (Lipinski definition) is 2. The highest BCUT2D eigenvalue weighted by molar-refractivity contribution is 6.03. The topological polar surface area (TPSA) is 41.1 Å². The summed E-state index contributed by atoms with van der Waals surface area (Å²) < 4.78 is 0. The molecule has 0 aliphatic carbocycles. The number of fused-ring (bicyclic) bond motifs is 1. The van der Waals surface area contributed by atoms with E-state index in [1.807, 2.05) is 43.3 Å². The third-order valence-corrected chi connectivity index (χ3v) is 3.59. The Kier molecular flexibility index (Phi) is 2.75. The van der Waals surface area contributed by atoms with Gasteiger partial charge in [-0.2, -0.15) is 0 Å². The van der Waals surface area contributed by atoms with Crippen LogP contribution in [-0.2, 0) is 4.79 Å². The molecule has 2 aromatic carbocycles. The van der Waals surface area contributed by atoms with Crippen LogP contribution in [0.2, 0.25) is 0 Å². The standard InChI is InChI=1S/C16H16N2O/c1-10-8-13-14(9-11(10)2)18-16(19)15(17-13)12-6-4-3-5-7-12/h3-9,15,17H,1-2H3,(H,18,19). The molecule has 0 bridgehead atoms. The molecule has 0 aromatic heterocycles. The van der Waals surface area contributed by atoms with Crippen molar-refractivity contribution in [3.63, 3.8) is 0 Å².